The standard InChI is InChI=1S/C23H16F3N3O3/c1-32-20-10-4-9-17(27-20)22(31)29-16-8-3-7-15-19(30)12-18(28-21(15)16)13-5-2-6-14(11-13)23(24,25)26/h2-12H,1H3,(H,28,30)(H,29,31). The quantitative estimate of drug-likeness (QED) is 0.475. The van der Waals surface area contributed by atoms with Crippen LogP contribution in [0.5, 0.6) is 5.88 Å². The van der Waals surface area contributed by atoms with E-state index in [1.165, 1.54) is 31.4 Å². The van der Waals surface area contributed by atoms with Crippen LogP contribution in [0.3, 0.4) is 0 Å². The number of amides is 1. The number of anilines is 1. The highest BCUT2D eigenvalue weighted by atomic mass is 19.4. The second kappa shape index (κ2) is 8.18. The summed E-state index contributed by atoms with van der Waals surface area (Å²) in [6, 6.07) is 15.3. The molecule has 162 valence electrons. The van der Waals surface area contributed by atoms with Gasteiger partial charge in [-0.25, -0.2) is 4.98 Å². The summed E-state index contributed by atoms with van der Waals surface area (Å²) < 4.78 is 44.3. The first-order valence-electron chi connectivity index (χ1n) is 9.42. The molecule has 6 nitrogen and oxygen atoms in total. The largest absolute Gasteiger partial charge is 0.481 e. The minimum Gasteiger partial charge on any atom is -0.481 e. The number of hydrogen-bond acceptors (Lipinski definition) is 4. The zero-order chi connectivity index (χ0) is 22.9. The number of alkyl halides is 3. The molecular formula is C23H16F3N3O3. The van der Waals surface area contributed by atoms with E-state index in [9.17, 15) is 22.8 Å². The molecule has 4 aromatic rings. The summed E-state index contributed by atoms with van der Waals surface area (Å²) in [6.45, 7) is 0. The third kappa shape index (κ3) is 4.18. The van der Waals surface area contributed by atoms with E-state index in [1.807, 2.05) is 0 Å². The molecular weight excluding hydrogens is 423 g/mol. The lowest BCUT2D eigenvalue weighted by Crippen LogP contribution is -2.15. The van der Waals surface area contributed by atoms with Gasteiger partial charge < -0.3 is 15.0 Å². The number of pyridine rings is 2. The average Bonchev–Trinajstić information content (AvgIpc) is 2.79. The Hall–Kier alpha value is -4.14. The van der Waals surface area contributed by atoms with Crippen LogP contribution in [0.1, 0.15) is 16.1 Å². The lowest BCUT2D eigenvalue weighted by atomic mass is 10.1. The molecule has 0 aliphatic heterocycles. The van der Waals surface area contributed by atoms with Crippen LogP contribution in [0, 0.1) is 0 Å². The van der Waals surface area contributed by atoms with Crippen molar-refractivity contribution < 1.29 is 22.7 Å². The van der Waals surface area contributed by atoms with Crippen LogP contribution < -0.4 is 15.5 Å². The Morgan fingerprint density at radius 3 is 2.53 bits per heavy atom. The van der Waals surface area contributed by atoms with Gasteiger partial charge in [0.2, 0.25) is 5.88 Å². The fourth-order valence-electron chi connectivity index (χ4n) is 3.24. The average molecular weight is 439 g/mol. The molecule has 32 heavy (non-hydrogen) atoms. The van der Waals surface area contributed by atoms with E-state index in [1.54, 1.807) is 30.3 Å². The number of carbonyl (C=O) groups is 1. The van der Waals surface area contributed by atoms with Crippen molar-refractivity contribution in [1.82, 2.24) is 9.97 Å². The first-order valence-corrected chi connectivity index (χ1v) is 9.42. The molecule has 0 unspecified atom stereocenters. The first kappa shape index (κ1) is 21.1. The van der Waals surface area contributed by atoms with Gasteiger partial charge in [-0.05, 0) is 35.9 Å². The SMILES string of the molecule is COc1cccc(C(=O)Nc2cccc3c(=O)cc(-c4cccc(C(F)(F)F)c4)[nH]c23)n1. The van der Waals surface area contributed by atoms with Crippen molar-refractivity contribution in [3.8, 4) is 17.1 Å². The summed E-state index contributed by atoms with van der Waals surface area (Å²) in [7, 11) is 1.43. The van der Waals surface area contributed by atoms with Crippen LogP contribution in [-0.2, 0) is 6.18 Å². The van der Waals surface area contributed by atoms with Gasteiger partial charge in [0.1, 0.15) is 5.69 Å². The van der Waals surface area contributed by atoms with Gasteiger partial charge in [0, 0.05) is 23.2 Å². The van der Waals surface area contributed by atoms with Crippen LogP contribution in [0.25, 0.3) is 22.2 Å². The van der Waals surface area contributed by atoms with Crippen molar-refractivity contribution in [2.24, 2.45) is 0 Å². The van der Waals surface area contributed by atoms with Crippen molar-refractivity contribution in [2.75, 3.05) is 12.4 Å². The van der Waals surface area contributed by atoms with E-state index < -0.39 is 23.1 Å². The Bertz CT molecular complexity index is 1380. The molecule has 0 atom stereocenters. The Balaban J connectivity index is 1.78. The van der Waals surface area contributed by atoms with Gasteiger partial charge in [-0.1, -0.05) is 24.3 Å². The lowest BCUT2D eigenvalue weighted by Gasteiger charge is -2.12. The number of para-hydroxylation sites is 1. The number of ether oxygens (including phenoxy) is 1. The summed E-state index contributed by atoms with van der Waals surface area (Å²) in [5.74, 6) is -0.280. The van der Waals surface area contributed by atoms with Crippen LogP contribution in [0.2, 0.25) is 0 Å². The number of nitrogens with zero attached hydrogens (tertiary/aromatic N) is 1. The van der Waals surface area contributed by atoms with Gasteiger partial charge >= 0.3 is 6.18 Å². The van der Waals surface area contributed by atoms with Crippen LogP contribution in [0.15, 0.2) is 71.5 Å². The summed E-state index contributed by atoms with van der Waals surface area (Å²) in [5, 5.41) is 2.96. The van der Waals surface area contributed by atoms with E-state index in [0.29, 0.717) is 0 Å². The van der Waals surface area contributed by atoms with Gasteiger partial charge in [0.15, 0.2) is 5.43 Å². The lowest BCUT2D eigenvalue weighted by molar-refractivity contribution is -0.137. The topological polar surface area (TPSA) is 84.1 Å². The molecule has 2 heterocycles. The molecule has 1 amide bonds. The first-order chi connectivity index (χ1) is 15.3. The molecule has 2 aromatic heterocycles. The molecule has 2 aromatic carbocycles. The second-order valence-electron chi connectivity index (χ2n) is 6.87. The maximum absolute atomic E-state index is 13.1. The smallest absolute Gasteiger partial charge is 0.416 e. The normalized spacial score (nSPS) is 11.4. The fourth-order valence-corrected chi connectivity index (χ4v) is 3.24. The fraction of sp³-hybridized carbons (Fsp3) is 0.0870. The van der Waals surface area contributed by atoms with Crippen molar-refractivity contribution in [3.63, 3.8) is 0 Å². The number of carbonyl (C=O) groups excluding carboxylic acids is 1. The number of benzene rings is 2. The Labute approximate surface area is 179 Å². The highest BCUT2D eigenvalue weighted by Gasteiger charge is 2.30. The second-order valence-corrected chi connectivity index (χ2v) is 6.87. The van der Waals surface area contributed by atoms with Gasteiger partial charge in [-0.15, -0.1) is 0 Å². The number of halogens is 3. The summed E-state index contributed by atoms with van der Waals surface area (Å²) in [4.78, 5) is 32.4. The molecule has 0 radical (unpaired) electrons. The Kier molecular flexibility index (Phi) is 5.40. The molecule has 0 saturated heterocycles. The Morgan fingerprint density at radius 1 is 1.03 bits per heavy atom. The maximum Gasteiger partial charge on any atom is 0.416 e. The summed E-state index contributed by atoms with van der Waals surface area (Å²) in [5.41, 5.74) is -0.197. The molecule has 2 N–H and O–H groups in total. The third-order valence-electron chi connectivity index (χ3n) is 4.78. The van der Waals surface area contributed by atoms with Crippen molar-refractivity contribution >= 4 is 22.5 Å². The molecule has 0 bridgehead atoms. The summed E-state index contributed by atoms with van der Waals surface area (Å²) >= 11 is 0. The predicted octanol–water partition coefficient (Wildman–Crippen LogP) is 4.87. The number of aromatic nitrogens is 2. The molecule has 0 aliphatic rings. The van der Waals surface area contributed by atoms with Crippen LogP contribution >= 0.6 is 0 Å². The number of rotatable bonds is 4. The monoisotopic (exact) mass is 439 g/mol. The highest BCUT2D eigenvalue weighted by Crippen LogP contribution is 2.32. The molecule has 4 rings (SSSR count). The van der Waals surface area contributed by atoms with E-state index in [4.69, 9.17) is 4.74 Å². The molecule has 9 heteroatoms. The van der Waals surface area contributed by atoms with Gasteiger partial charge in [-0.3, -0.25) is 9.59 Å². The minimum absolute atomic E-state index is 0.0951. The highest BCUT2D eigenvalue weighted by molar-refractivity contribution is 6.07. The van der Waals surface area contributed by atoms with E-state index in [2.05, 4.69) is 15.3 Å². The van der Waals surface area contributed by atoms with Crippen LogP contribution in [-0.4, -0.2) is 23.0 Å². The molecule has 0 saturated carbocycles. The minimum atomic E-state index is -4.52. The van der Waals surface area contributed by atoms with E-state index in [-0.39, 0.29) is 39.4 Å². The molecule has 0 spiro atoms. The van der Waals surface area contributed by atoms with Gasteiger partial charge in [0.25, 0.3) is 5.91 Å². The number of hydrogen-bond donors (Lipinski definition) is 2. The van der Waals surface area contributed by atoms with Gasteiger partial charge in [-0.2, -0.15) is 13.2 Å². The van der Waals surface area contributed by atoms with E-state index in [0.717, 1.165) is 12.1 Å². The van der Waals surface area contributed by atoms with E-state index >= 15 is 0 Å². The summed E-state index contributed by atoms with van der Waals surface area (Å²) in [6.07, 6.45) is -4.52. The Morgan fingerprint density at radius 2 is 1.78 bits per heavy atom. The molecule has 0 fully saturated rings. The maximum atomic E-state index is 13.1. The van der Waals surface area contributed by atoms with Crippen molar-refractivity contribution in [1.29, 1.82) is 0 Å². The number of nitrogens with one attached hydrogen (secondary N) is 2. The predicted molar refractivity (Wildman–Crippen MR) is 114 cm³/mol. The number of H-pyrrole nitrogens is 1. The van der Waals surface area contributed by atoms with Gasteiger partial charge in [0.05, 0.1) is 23.9 Å². The number of aromatic amines is 1. The zero-order valence-electron chi connectivity index (χ0n) is 16.7. The molecule has 0 aliphatic carbocycles. The number of fused-ring (bicyclic) bond motifs is 1. The number of methoxy groups -OCH3 is 1. The zero-order valence-corrected chi connectivity index (χ0v) is 16.7. The van der Waals surface area contributed by atoms with Crippen molar-refractivity contribution in [3.05, 3.63) is 88.2 Å². The van der Waals surface area contributed by atoms with Crippen LogP contribution in [0.4, 0.5) is 18.9 Å². The third-order valence-corrected chi connectivity index (χ3v) is 4.78. The van der Waals surface area contributed by atoms with Crippen molar-refractivity contribution in [2.45, 2.75) is 6.18 Å².